The second-order valence-corrected chi connectivity index (χ2v) is 4.27. The van der Waals surface area contributed by atoms with E-state index in [0.29, 0.717) is 6.61 Å². The molecule has 0 aliphatic heterocycles. The molecule has 0 fully saturated rings. The normalized spacial score (nSPS) is 11.8. The number of benzene rings is 1. The van der Waals surface area contributed by atoms with Crippen LogP contribution in [0.15, 0.2) is 24.3 Å². The van der Waals surface area contributed by atoms with Crippen LogP contribution >= 0.6 is 0 Å². The number of terminal acetylenes is 1. The first-order valence-corrected chi connectivity index (χ1v) is 6.50. The molecule has 0 aromatic heterocycles. The summed E-state index contributed by atoms with van der Waals surface area (Å²) in [6.07, 6.45) is 9.98. The van der Waals surface area contributed by atoms with E-state index in [1.165, 1.54) is 18.4 Å². The SMILES string of the molecule is C#CCOC(CCCCC)c1ccc(OC)cc1. The Morgan fingerprint density at radius 3 is 2.50 bits per heavy atom. The molecule has 1 rings (SSSR count). The Hall–Kier alpha value is -1.46. The van der Waals surface area contributed by atoms with Crippen LogP contribution in [0.5, 0.6) is 5.75 Å². The van der Waals surface area contributed by atoms with Crippen molar-refractivity contribution >= 4 is 0 Å². The van der Waals surface area contributed by atoms with Crippen molar-refractivity contribution in [2.24, 2.45) is 0 Å². The Balaban J connectivity index is 2.64. The highest BCUT2D eigenvalue weighted by atomic mass is 16.5. The Morgan fingerprint density at radius 1 is 1.22 bits per heavy atom. The van der Waals surface area contributed by atoms with Crippen molar-refractivity contribution in [2.75, 3.05) is 13.7 Å². The van der Waals surface area contributed by atoms with Crippen LogP contribution in [0.1, 0.15) is 44.3 Å². The predicted molar refractivity (Wildman–Crippen MR) is 74.7 cm³/mol. The molecule has 0 spiro atoms. The monoisotopic (exact) mass is 246 g/mol. The van der Waals surface area contributed by atoms with Crippen LogP contribution in [0.25, 0.3) is 0 Å². The molecular weight excluding hydrogens is 224 g/mol. The van der Waals surface area contributed by atoms with Crippen molar-refractivity contribution in [1.82, 2.24) is 0 Å². The van der Waals surface area contributed by atoms with Crippen LogP contribution in [-0.2, 0) is 4.74 Å². The van der Waals surface area contributed by atoms with Crippen LogP contribution < -0.4 is 4.74 Å². The number of hydrogen-bond acceptors (Lipinski definition) is 2. The van der Waals surface area contributed by atoms with Gasteiger partial charge < -0.3 is 9.47 Å². The lowest BCUT2D eigenvalue weighted by Crippen LogP contribution is -2.05. The standard InChI is InChI=1S/C16H22O2/c1-4-6-7-8-16(18-13-5-2)14-9-11-15(17-3)12-10-14/h2,9-12,16H,4,6-8,13H2,1,3H3. The van der Waals surface area contributed by atoms with Gasteiger partial charge in [-0.2, -0.15) is 0 Å². The summed E-state index contributed by atoms with van der Waals surface area (Å²) < 4.78 is 10.9. The van der Waals surface area contributed by atoms with Gasteiger partial charge in [-0.25, -0.2) is 0 Å². The van der Waals surface area contributed by atoms with Gasteiger partial charge in [0, 0.05) is 0 Å². The summed E-state index contributed by atoms with van der Waals surface area (Å²) in [6.45, 7) is 2.56. The van der Waals surface area contributed by atoms with Gasteiger partial charge in [0.2, 0.25) is 0 Å². The van der Waals surface area contributed by atoms with Gasteiger partial charge >= 0.3 is 0 Å². The van der Waals surface area contributed by atoms with Crippen LogP contribution in [0, 0.1) is 12.3 Å². The van der Waals surface area contributed by atoms with Crippen LogP contribution in [0.3, 0.4) is 0 Å². The smallest absolute Gasteiger partial charge is 0.118 e. The van der Waals surface area contributed by atoms with Gasteiger partial charge in [-0.3, -0.25) is 0 Å². The van der Waals surface area contributed by atoms with E-state index in [4.69, 9.17) is 15.9 Å². The lowest BCUT2D eigenvalue weighted by atomic mass is 10.0. The lowest BCUT2D eigenvalue weighted by Gasteiger charge is -2.17. The highest BCUT2D eigenvalue weighted by molar-refractivity contribution is 5.28. The average Bonchev–Trinajstić information content (AvgIpc) is 2.43. The number of unbranched alkanes of at least 4 members (excludes halogenated alkanes) is 2. The minimum Gasteiger partial charge on any atom is -0.497 e. The third-order valence-electron chi connectivity index (χ3n) is 2.93. The zero-order valence-electron chi connectivity index (χ0n) is 11.3. The van der Waals surface area contributed by atoms with E-state index < -0.39 is 0 Å². The molecule has 0 radical (unpaired) electrons. The van der Waals surface area contributed by atoms with Crippen LogP contribution in [-0.4, -0.2) is 13.7 Å². The molecule has 18 heavy (non-hydrogen) atoms. The van der Waals surface area contributed by atoms with Crippen molar-refractivity contribution in [3.8, 4) is 18.1 Å². The molecule has 0 N–H and O–H groups in total. The maximum atomic E-state index is 5.72. The highest BCUT2D eigenvalue weighted by Gasteiger charge is 2.11. The summed E-state index contributed by atoms with van der Waals surface area (Å²) in [7, 11) is 1.67. The van der Waals surface area contributed by atoms with Crippen molar-refractivity contribution in [2.45, 2.75) is 38.7 Å². The minimum absolute atomic E-state index is 0.0958. The third-order valence-corrected chi connectivity index (χ3v) is 2.93. The van der Waals surface area contributed by atoms with Crippen LogP contribution in [0.4, 0.5) is 0 Å². The molecule has 0 amide bonds. The van der Waals surface area contributed by atoms with E-state index in [0.717, 1.165) is 18.6 Å². The third kappa shape index (κ3) is 4.81. The van der Waals surface area contributed by atoms with Crippen molar-refractivity contribution in [3.63, 3.8) is 0 Å². The first-order valence-electron chi connectivity index (χ1n) is 6.50. The topological polar surface area (TPSA) is 18.5 Å². The molecule has 1 unspecified atom stereocenters. The number of hydrogen-bond donors (Lipinski definition) is 0. The molecule has 2 heteroatoms. The molecule has 0 aliphatic rings. The highest BCUT2D eigenvalue weighted by Crippen LogP contribution is 2.25. The van der Waals surface area contributed by atoms with E-state index in [9.17, 15) is 0 Å². The summed E-state index contributed by atoms with van der Waals surface area (Å²) in [5.41, 5.74) is 1.17. The lowest BCUT2D eigenvalue weighted by molar-refractivity contribution is 0.0690. The number of methoxy groups -OCH3 is 1. The average molecular weight is 246 g/mol. The zero-order valence-corrected chi connectivity index (χ0v) is 11.3. The fraction of sp³-hybridized carbons (Fsp3) is 0.500. The molecule has 1 aromatic carbocycles. The van der Waals surface area contributed by atoms with E-state index in [1.54, 1.807) is 7.11 Å². The summed E-state index contributed by atoms with van der Waals surface area (Å²) in [5, 5.41) is 0. The van der Waals surface area contributed by atoms with E-state index in [-0.39, 0.29) is 6.10 Å². The van der Waals surface area contributed by atoms with Crippen LogP contribution in [0.2, 0.25) is 0 Å². The van der Waals surface area contributed by atoms with Gasteiger partial charge in [0.25, 0.3) is 0 Å². The van der Waals surface area contributed by atoms with E-state index in [2.05, 4.69) is 12.8 Å². The molecule has 0 heterocycles. The van der Waals surface area contributed by atoms with Gasteiger partial charge in [-0.1, -0.05) is 44.2 Å². The first kappa shape index (κ1) is 14.6. The molecule has 0 saturated carbocycles. The summed E-state index contributed by atoms with van der Waals surface area (Å²) in [4.78, 5) is 0. The number of ether oxygens (including phenoxy) is 2. The largest absolute Gasteiger partial charge is 0.497 e. The summed E-state index contributed by atoms with van der Waals surface area (Å²) in [5.74, 6) is 3.40. The Kier molecular flexibility index (Phi) is 6.98. The molecular formula is C16H22O2. The Labute approximate surface area is 110 Å². The summed E-state index contributed by atoms with van der Waals surface area (Å²) >= 11 is 0. The Morgan fingerprint density at radius 2 is 1.94 bits per heavy atom. The minimum atomic E-state index is 0.0958. The quantitative estimate of drug-likeness (QED) is 0.510. The maximum absolute atomic E-state index is 5.72. The predicted octanol–water partition coefficient (Wildman–Crippen LogP) is 3.97. The van der Waals surface area contributed by atoms with Gasteiger partial charge in [0.15, 0.2) is 0 Å². The molecule has 1 aromatic rings. The first-order chi connectivity index (χ1) is 8.81. The van der Waals surface area contributed by atoms with Crippen molar-refractivity contribution < 1.29 is 9.47 Å². The molecule has 0 bridgehead atoms. The molecule has 2 nitrogen and oxygen atoms in total. The van der Waals surface area contributed by atoms with Gasteiger partial charge in [-0.15, -0.1) is 6.42 Å². The fourth-order valence-electron chi connectivity index (χ4n) is 1.89. The molecule has 1 atom stereocenters. The molecule has 0 aliphatic carbocycles. The van der Waals surface area contributed by atoms with Crippen molar-refractivity contribution in [1.29, 1.82) is 0 Å². The maximum Gasteiger partial charge on any atom is 0.118 e. The van der Waals surface area contributed by atoms with E-state index in [1.807, 2.05) is 24.3 Å². The zero-order chi connectivity index (χ0) is 13.2. The van der Waals surface area contributed by atoms with E-state index >= 15 is 0 Å². The second kappa shape index (κ2) is 8.60. The summed E-state index contributed by atoms with van der Waals surface area (Å²) in [6, 6.07) is 8.01. The van der Waals surface area contributed by atoms with Gasteiger partial charge in [0.05, 0.1) is 13.2 Å². The Bertz CT molecular complexity index is 362. The molecule has 0 saturated heterocycles. The van der Waals surface area contributed by atoms with Gasteiger partial charge in [0.1, 0.15) is 12.4 Å². The fourth-order valence-corrected chi connectivity index (χ4v) is 1.89. The van der Waals surface area contributed by atoms with Gasteiger partial charge in [-0.05, 0) is 24.1 Å². The molecule has 98 valence electrons. The van der Waals surface area contributed by atoms with Crippen molar-refractivity contribution in [3.05, 3.63) is 29.8 Å². The second-order valence-electron chi connectivity index (χ2n) is 4.27. The number of rotatable bonds is 8.